The molecule has 3 N–H and O–H groups in total. The van der Waals surface area contributed by atoms with Gasteiger partial charge in [0.15, 0.2) is 0 Å². The normalized spacial score (nSPS) is 12.8. The number of nitrogens with two attached hydrogens (primary N) is 1. The van der Waals surface area contributed by atoms with Crippen molar-refractivity contribution in [2.45, 2.75) is 25.9 Å². The van der Waals surface area contributed by atoms with Gasteiger partial charge in [-0.25, -0.2) is 4.39 Å². The molecule has 1 aliphatic heterocycles. The fourth-order valence-electron chi connectivity index (χ4n) is 3.45. The van der Waals surface area contributed by atoms with Crippen LogP contribution in [0.2, 0.25) is 0 Å². The first-order chi connectivity index (χ1) is 14.0. The van der Waals surface area contributed by atoms with Gasteiger partial charge in [0.1, 0.15) is 5.82 Å². The number of pyridine rings is 2. The maximum atomic E-state index is 13.2. The largest absolute Gasteiger partial charge is 0.397 e. The highest BCUT2D eigenvalue weighted by Crippen LogP contribution is 2.25. The summed E-state index contributed by atoms with van der Waals surface area (Å²) in [7, 11) is 0. The number of rotatable bonds is 5. The van der Waals surface area contributed by atoms with Gasteiger partial charge in [0.2, 0.25) is 5.91 Å². The van der Waals surface area contributed by atoms with Gasteiger partial charge in [0, 0.05) is 43.6 Å². The number of hydrogen-bond acceptors (Lipinski definition) is 5. The zero-order valence-electron chi connectivity index (χ0n) is 15.8. The lowest BCUT2D eigenvalue weighted by molar-refractivity contribution is -0.131. The predicted molar refractivity (Wildman–Crippen MR) is 107 cm³/mol. The Hall–Kier alpha value is -3.32. The third kappa shape index (κ3) is 4.09. The molecule has 0 atom stereocenters. The summed E-state index contributed by atoms with van der Waals surface area (Å²) in [4.78, 5) is 23.5. The number of fused-ring (bicyclic) bond motifs is 1. The minimum atomic E-state index is -0.315. The van der Waals surface area contributed by atoms with E-state index in [-0.39, 0.29) is 24.8 Å². The lowest BCUT2D eigenvalue weighted by Gasteiger charge is -2.16. The maximum absolute atomic E-state index is 13.2. The summed E-state index contributed by atoms with van der Waals surface area (Å²) in [6.07, 6.45) is 2.36. The number of carbonyl (C=O) groups excluding carboxylic acids is 1. The molecule has 0 fully saturated rings. The second-order valence-corrected chi connectivity index (χ2v) is 7.08. The molecule has 0 saturated heterocycles. The van der Waals surface area contributed by atoms with Crippen LogP contribution in [0.1, 0.15) is 22.5 Å². The van der Waals surface area contributed by atoms with Gasteiger partial charge >= 0.3 is 0 Å². The average molecular weight is 392 g/mol. The van der Waals surface area contributed by atoms with Crippen molar-refractivity contribution in [1.82, 2.24) is 14.9 Å². The molecule has 148 valence electrons. The van der Waals surface area contributed by atoms with Crippen LogP contribution in [-0.4, -0.2) is 32.5 Å². The summed E-state index contributed by atoms with van der Waals surface area (Å²) in [5, 5.41) is 9.07. The number of hydrogen-bond donors (Lipinski definition) is 2. The molecule has 1 aromatic carbocycles. The van der Waals surface area contributed by atoms with Crippen molar-refractivity contribution < 1.29 is 14.3 Å². The van der Waals surface area contributed by atoms with E-state index in [1.54, 1.807) is 35.4 Å². The second-order valence-electron chi connectivity index (χ2n) is 7.08. The highest BCUT2D eigenvalue weighted by molar-refractivity contribution is 5.81. The van der Waals surface area contributed by atoms with Crippen LogP contribution in [0.25, 0.3) is 11.3 Å². The number of benzene rings is 1. The van der Waals surface area contributed by atoms with Crippen molar-refractivity contribution in [3.63, 3.8) is 0 Å². The number of amides is 1. The van der Waals surface area contributed by atoms with E-state index >= 15 is 0 Å². The van der Waals surface area contributed by atoms with E-state index in [2.05, 4.69) is 9.97 Å². The van der Waals surface area contributed by atoms with Gasteiger partial charge in [-0.15, -0.1) is 0 Å². The van der Waals surface area contributed by atoms with Crippen LogP contribution >= 0.6 is 0 Å². The average Bonchev–Trinajstić information content (AvgIpc) is 3.14. The zero-order chi connectivity index (χ0) is 20.4. The molecule has 1 amide bonds. The van der Waals surface area contributed by atoms with Crippen molar-refractivity contribution in [2.24, 2.45) is 0 Å². The van der Waals surface area contributed by atoms with E-state index in [0.29, 0.717) is 36.6 Å². The maximum Gasteiger partial charge on any atom is 0.229 e. The molecule has 29 heavy (non-hydrogen) atoms. The molecule has 3 heterocycles. The van der Waals surface area contributed by atoms with Gasteiger partial charge in [-0.05, 0) is 53.6 Å². The number of nitrogen functional groups attached to an aromatic ring is 1. The smallest absolute Gasteiger partial charge is 0.229 e. The molecule has 0 saturated carbocycles. The lowest BCUT2D eigenvalue weighted by Crippen LogP contribution is -2.27. The van der Waals surface area contributed by atoms with Gasteiger partial charge in [-0.3, -0.25) is 14.8 Å². The summed E-state index contributed by atoms with van der Waals surface area (Å²) in [5.74, 6) is -0.384. The summed E-state index contributed by atoms with van der Waals surface area (Å²) in [5.41, 5.74) is 11.3. The third-order valence-corrected chi connectivity index (χ3v) is 5.05. The van der Waals surface area contributed by atoms with Crippen LogP contribution in [-0.2, 0) is 30.7 Å². The van der Waals surface area contributed by atoms with E-state index in [4.69, 9.17) is 10.8 Å². The number of halogens is 1. The first kappa shape index (κ1) is 19.0. The summed E-state index contributed by atoms with van der Waals surface area (Å²) in [6, 6.07) is 11.5. The molecule has 0 unspecified atom stereocenters. The number of nitrogens with zero attached hydrogens (tertiary/aromatic N) is 3. The minimum Gasteiger partial charge on any atom is -0.397 e. The van der Waals surface area contributed by atoms with Crippen molar-refractivity contribution in [1.29, 1.82) is 0 Å². The summed E-state index contributed by atoms with van der Waals surface area (Å²) in [6.45, 7) is 1.05. The Labute approximate surface area is 167 Å². The third-order valence-electron chi connectivity index (χ3n) is 5.05. The fraction of sp³-hybridized carbons (Fsp3) is 0.227. The van der Waals surface area contributed by atoms with Gasteiger partial charge in [-0.1, -0.05) is 0 Å². The van der Waals surface area contributed by atoms with Gasteiger partial charge in [-0.2, -0.15) is 0 Å². The van der Waals surface area contributed by atoms with Crippen molar-refractivity contribution in [2.75, 3.05) is 12.3 Å². The molecule has 2 aromatic heterocycles. The number of aliphatic hydroxyl groups excluding tert-OH is 1. The first-order valence-electron chi connectivity index (χ1n) is 9.40. The molecular formula is C22H21FN4O2. The number of carbonyl (C=O) groups is 1. The van der Waals surface area contributed by atoms with Crippen LogP contribution in [0.15, 0.2) is 48.7 Å². The predicted octanol–water partition coefficient (Wildman–Crippen LogP) is 2.48. The Kier molecular flexibility index (Phi) is 5.22. The Balaban J connectivity index is 1.50. The van der Waals surface area contributed by atoms with E-state index in [1.807, 2.05) is 6.07 Å². The van der Waals surface area contributed by atoms with Crippen LogP contribution < -0.4 is 5.73 Å². The summed E-state index contributed by atoms with van der Waals surface area (Å²) < 4.78 is 13.2. The second kappa shape index (κ2) is 7.97. The van der Waals surface area contributed by atoms with Gasteiger partial charge in [0.05, 0.1) is 23.5 Å². The molecule has 0 radical (unpaired) electrons. The minimum absolute atomic E-state index is 0.0454. The van der Waals surface area contributed by atoms with Crippen LogP contribution in [0.3, 0.4) is 0 Å². The Morgan fingerprint density at radius 1 is 1.14 bits per heavy atom. The van der Waals surface area contributed by atoms with Crippen LogP contribution in [0.4, 0.5) is 10.1 Å². The quantitative estimate of drug-likeness (QED) is 0.696. The highest BCUT2D eigenvalue weighted by atomic mass is 19.1. The van der Waals surface area contributed by atoms with E-state index in [9.17, 15) is 9.18 Å². The molecule has 6 nitrogen and oxygen atoms in total. The monoisotopic (exact) mass is 392 g/mol. The fourth-order valence-corrected chi connectivity index (χ4v) is 3.45. The van der Waals surface area contributed by atoms with Crippen molar-refractivity contribution >= 4 is 11.6 Å². The molecule has 3 aromatic rings. The highest BCUT2D eigenvalue weighted by Gasteiger charge is 2.25. The van der Waals surface area contributed by atoms with E-state index < -0.39 is 0 Å². The lowest BCUT2D eigenvalue weighted by atomic mass is 10.1. The number of aromatic nitrogens is 2. The Morgan fingerprint density at radius 2 is 1.90 bits per heavy atom. The molecule has 7 heteroatoms. The van der Waals surface area contributed by atoms with Gasteiger partial charge < -0.3 is 15.7 Å². The van der Waals surface area contributed by atoms with Crippen LogP contribution in [0.5, 0.6) is 0 Å². The van der Waals surface area contributed by atoms with Crippen LogP contribution in [0, 0.1) is 5.82 Å². The standard InChI is InChI=1S/C22H21FN4O2/c23-17-3-1-14(2-4-17)20-6-5-19(24)21(26-20)10-22(29)27-12-15-9-18(7-8-28)25-11-16(15)13-27/h1-6,9,11,28H,7-8,10,12-13,24H2. The zero-order valence-corrected chi connectivity index (χ0v) is 15.8. The van der Waals surface area contributed by atoms with E-state index in [0.717, 1.165) is 22.4 Å². The Morgan fingerprint density at radius 3 is 2.66 bits per heavy atom. The Bertz CT molecular complexity index is 1050. The molecule has 0 bridgehead atoms. The molecular weight excluding hydrogens is 371 g/mol. The van der Waals surface area contributed by atoms with Gasteiger partial charge in [0.25, 0.3) is 0 Å². The molecule has 0 spiro atoms. The SMILES string of the molecule is Nc1ccc(-c2ccc(F)cc2)nc1CC(=O)N1Cc2cnc(CCO)cc2C1. The summed E-state index contributed by atoms with van der Waals surface area (Å²) >= 11 is 0. The van der Waals surface area contributed by atoms with Crippen molar-refractivity contribution in [3.8, 4) is 11.3 Å². The topological polar surface area (TPSA) is 92.3 Å². The molecule has 1 aliphatic rings. The van der Waals surface area contributed by atoms with Crippen molar-refractivity contribution in [3.05, 3.63) is 77.0 Å². The number of aliphatic hydroxyl groups is 1. The first-order valence-corrected chi connectivity index (χ1v) is 9.40. The molecule has 4 rings (SSSR count). The number of anilines is 1. The van der Waals surface area contributed by atoms with E-state index in [1.165, 1.54) is 12.1 Å². The molecule has 0 aliphatic carbocycles.